The Kier molecular flexibility index (Phi) is 3.68. The van der Waals surface area contributed by atoms with Gasteiger partial charge in [0.05, 0.1) is 23.4 Å². The number of aryl methyl sites for hydroxylation is 1. The molecule has 2 unspecified atom stereocenters. The summed E-state index contributed by atoms with van der Waals surface area (Å²) >= 11 is 0. The molecule has 1 aromatic carbocycles. The number of nitrogens with zero attached hydrogens (tertiary/aromatic N) is 2. The minimum atomic E-state index is -0.477. The van der Waals surface area contributed by atoms with Gasteiger partial charge in [-0.25, -0.2) is 0 Å². The molecule has 1 aliphatic rings. The predicted octanol–water partition coefficient (Wildman–Crippen LogP) is 0.706. The zero-order valence-electron chi connectivity index (χ0n) is 11.5. The summed E-state index contributed by atoms with van der Waals surface area (Å²) < 4.78 is 5.41. The molecule has 1 amide bonds. The van der Waals surface area contributed by atoms with Crippen LogP contribution in [0.15, 0.2) is 28.7 Å². The number of carbonyl (C=O) groups excluding carboxylic acids is 1. The van der Waals surface area contributed by atoms with Gasteiger partial charge >= 0.3 is 0 Å². The van der Waals surface area contributed by atoms with Crippen LogP contribution in [-0.2, 0) is 4.79 Å². The van der Waals surface area contributed by atoms with Gasteiger partial charge in [-0.05, 0) is 18.6 Å². The fourth-order valence-corrected chi connectivity index (χ4v) is 2.32. The number of benzene rings is 1. The molecule has 2 atom stereocenters. The summed E-state index contributed by atoms with van der Waals surface area (Å²) in [5.74, 6) is 0.643. The molecule has 3 rings (SSSR count). The van der Waals surface area contributed by atoms with Crippen LogP contribution in [0.4, 0.5) is 5.69 Å². The average Bonchev–Trinajstić information content (AvgIpc) is 3.08. The second kappa shape index (κ2) is 5.63. The molecule has 1 saturated heterocycles. The van der Waals surface area contributed by atoms with Crippen LogP contribution in [0, 0.1) is 6.92 Å². The second-order valence-corrected chi connectivity index (χ2v) is 5.01. The average molecular weight is 288 g/mol. The zero-order chi connectivity index (χ0) is 14.8. The molecular formula is C14H16N4O3. The first kappa shape index (κ1) is 13.7. The summed E-state index contributed by atoms with van der Waals surface area (Å²) in [4.78, 5) is 12.2. The van der Waals surface area contributed by atoms with Crippen LogP contribution >= 0.6 is 0 Å². The molecule has 21 heavy (non-hydrogen) atoms. The third-order valence-electron chi connectivity index (χ3n) is 3.37. The number of carbonyl (C=O) groups is 1. The van der Waals surface area contributed by atoms with Crippen molar-refractivity contribution in [3.05, 3.63) is 30.2 Å². The van der Waals surface area contributed by atoms with E-state index in [-0.39, 0.29) is 5.91 Å². The van der Waals surface area contributed by atoms with E-state index in [0.29, 0.717) is 36.0 Å². The number of para-hydroxylation sites is 1. The van der Waals surface area contributed by atoms with Gasteiger partial charge in [-0.3, -0.25) is 4.79 Å². The molecule has 2 aromatic rings. The number of rotatable bonds is 3. The van der Waals surface area contributed by atoms with Gasteiger partial charge in [0.2, 0.25) is 17.7 Å². The van der Waals surface area contributed by atoms with Gasteiger partial charge in [0.15, 0.2) is 0 Å². The Morgan fingerprint density at radius 1 is 1.43 bits per heavy atom. The number of anilines is 1. The van der Waals surface area contributed by atoms with Gasteiger partial charge in [-0.15, -0.1) is 10.2 Å². The van der Waals surface area contributed by atoms with E-state index in [1.165, 1.54) is 0 Å². The first-order chi connectivity index (χ1) is 10.1. The number of amides is 1. The smallest absolute Gasteiger partial charge is 0.249 e. The SMILES string of the molecule is Cc1nnc(-c2ccccc2NC(=O)C2CC(O)CN2)o1. The van der Waals surface area contributed by atoms with E-state index in [1.54, 1.807) is 19.1 Å². The lowest BCUT2D eigenvalue weighted by molar-refractivity contribution is -0.117. The predicted molar refractivity (Wildman–Crippen MR) is 75.5 cm³/mol. The topological polar surface area (TPSA) is 100 Å². The number of hydrogen-bond donors (Lipinski definition) is 3. The summed E-state index contributed by atoms with van der Waals surface area (Å²) in [7, 11) is 0. The van der Waals surface area contributed by atoms with Gasteiger partial charge in [-0.2, -0.15) is 0 Å². The van der Waals surface area contributed by atoms with Crippen molar-refractivity contribution in [2.24, 2.45) is 0 Å². The van der Waals surface area contributed by atoms with E-state index < -0.39 is 12.1 Å². The highest BCUT2D eigenvalue weighted by molar-refractivity contribution is 5.98. The van der Waals surface area contributed by atoms with Gasteiger partial charge in [0, 0.05) is 13.5 Å². The Morgan fingerprint density at radius 3 is 2.90 bits per heavy atom. The van der Waals surface area contributed by atoms with E-state index in [2.05, 4.69) is 20.8 Å². The van der Waals surface area contributed by atoms with Crippen molar-refractivity contribution in [2.45, 2.75) is 25.5 Å². The Bertz CT molecular complexity index is 655. The standard InChI is InChI=1S/C14H16N4O3/c1-8-17-18-14(21-8)10-4-2-3-5-11(10)16-13(20)12-6-9(19)7-15-12/h2-5,9,12,15,19H,6-7H2,1H3,(H,16,20). The van der Waals surface area contributed by atoms with Crippen molar-refractivity contribution < 1.29 is 14.3 Å². The van der Waals surface area contributed by atoms with E-state index in [1.807, 2.05) is 12.1 Å². The highest BCUT2D eigenvalue weighted by Gasteiger charge is 2.28. The molecule has 0 saturated carbocycles. The van der Waals surface area contributed by atoms with Gasteiger partial charge in [0.25, 0.3) is 0 Å². The summed E-state index contributed by atoms with van der Waals surface area (Å²) in [6.07, 6.45) is -0.0669. The molecule has 1 aliphatic heterocycles. The van der Waals surface area contributed by atoms with Crippen LogP contribution in [0.1, 0.15) is 12.3 Å². The third kappa shape index (κ3) is 2.93. The second-order valence-electron chi connectivity index (χ2n) is 5.01. The fourth-order valence-electron chi connectivity index (χ4n) is 2.32. The Labute approximate surface area is 121 Å². The molecule has 0 bridgehead atoms. The Balaban J connectivity index is 1.81. The highest BCUT2D eigenvalue weighted by Crippen LogP contribution is 2.27. The van der Waals surface area contributed by atoms with Crippen molar-refractivity contribution >= 4 is 11.6 Å². The first-order valence-electron chi connectivity index (χ1n) is 6.75. The molecule has 7 heteroatoms. The van der Waals surface area contributed by atoms with Gasteiger partial charge in [-0.1, -0.05) is 12.1 Å². The summed E-state index contributed by atoms with van der Waals surface area (Å²) in [5.41, 5.74) is 1.28. The maximum atomic E-state index is 12.2. The first-order valence-corrected chi connectivity index (χ1v) is 6.75. The maximum absolute atomic E-state index is 12.2. The van der Waals surface area contributed by atoms with Crippen molar-refractivity contribution in [1.29, 1.82) is 0 Å². The number of aliphatic hydroxyl groups excluding tert-OH is 1. The number of β-amino-alcohol motifs (C(OH)–C–C–N with tert-alkyl or cyclic N) is 1. The van der Waals surface area contributed by atoms with Crippen molar-refractivity contribution in [3.8, 4) is 11.5 Å². The van der Waals surface area contributed by atoms with Crippen LogP contribution in [0.25, 0.3) is 11.5 Å². The normalized spacial score (nSPS) is 21.4. The quantitative estimate of drug-likeness (QED) is 0.769. The number of aromatic nitrogens is 2. The lowest BCUT2D eigenvalue weighted by atomic mass is 10.1. The fraction of sp³-hybridized carbons (Fsp3) is 0.357. The Hall–Kier alpha value is -2.25. The molecule has 3 N–H and O–H groups in total. The van der Waals surface area contributed by atoms with Crippen molar-refractivity contribution in [2.75, 3.05) is 11.9 Å². The largest absolute Gasteiger partial charge is 0.421 e. The van der Waals surface area contributed by atoms with E-state index >= 15 is 0 Å². The third-order valence-corrected chi connectivity index (χ3v) is 3.37. The van der Waals surface area contributed by atoms with Gasteiger partial charge in [0.1, 0.15) is 0 Å². The summed E-state index contributed by atoms with van der Waals surface area (Å²) in [6, 6.07) is 6.84. The molecule has 1 fully saturated rings. The molecule has 1 aromatic heterocycles. The monoisotopic (exact) mass is 288 g/mol. The highest BCUT2D eigenvalue weighted by atomic mass is 16.4. The maximum Gasteiger partial charge on any atom is 0.249 e. The zero-order valence-corrected chi connectivity index (χ0v) is 11.5. The minimum Gasteiger partial charge on any atom is -0.421 e. The van der Waals surface area contributed by atoms with Crippen molar-refractivity contribution in [3.63, 3.8) is 0 Å². The minimum absolute atomic E-state index is 0.185. The molecule has 0 radical (unpaired) electrons. The summed E-state index contributed by atoms with van der Waals surface area (Å²) in [6.45, 7) is 2.14. The van der Waals surface area contributed by atoms with Crippen LogP contribution in [0.5, 0.6) is 0 Å². The number of hydrogen-bond acceptors (Lipinski definition) is 6. The molecule has 2 heterocycles. The lowest BCUT2D eigenvalue weighted by Gasteiger charge is -2.12. The van der Waals surface area contributed by atoms with E-state index in [0.717, 1.165) is 0 Å². The Morgan fingerprint density at radius 2 is 2.24 bits per heavy atom. The molecule has 0 aliphatic carbocycles. The van der Waals surface area contributed by atoms with Crippen LogP contribution < -0.4 is 10.6 Å². The van der Waals surface area contributed by atoms with Crippen LogP contribution in [-0.4, -0.2) is 39.9 Å². The van der Waals surface area contributed by atoms with Crippen molar-refractivity contribution in [1.82, 2.24) is 15.5 Å². The number of aliphatic hydroxyl groups is 1. The lowest BCUT2D eigenvalue weighted by Crippen LogP contribution is -2.35. The molecular weight excluding hydrogens is 272 g/mol. The molecule has 7 nitrogen and oxygen atoms in total. The van der Waals surface area contributed by atoms with E-state index in [4.69, 9.17) is 4.42 Å². The van der Waals surface area contributed by atoms with Crippen LogP contribution in [0.2, 0.25) is 0 Å². The summed E-state index contributed by atoms with van der Waals surface area (Å²) in [5, 5.41) is 23.1. The molecule has 110 valence electrons. The number of nitrogens with one attached hydrogen (secondary N) is 2. The van der Waals surface area contributed by atoms with E-state index in [9.17, 15) is 9.90 Å². The van der Waals surface area contributed by atoms with Crippen LogP contribution in [0.3, 0.4) is 0 Å². The molecule has 0 spiro atoms. The van der Waals surface area contributed by atoms with Gasteiger partial charge < -0.3 is 20.2 Å².